The summed E-state index contributed by atoms with van der Waals surface area (Å²) >= 11 is 0. The van der Waals surface area contributed by atoms with Gasteiger partial charge in [0.25, 0.3) is 5.91 Å². The molecule has 2 fully saturated rings. The first-order chi connectivity index (χ1) is 19.2. The lowest BCUT2D eigenvalue weighted by atomic mass is 9.79. The fourth-order valence-electron chi connectivity index (χ4n) is 5.55. The molecule has 1 aromatic carbocycles. The molecule has 218 valence electrons. The molecule has 1 aromatic heterocycles. The van der Waals surface area contributed by atoms with Crippen molar-refractivity contribution in [3.8, 4) is 0 Å². The SMILES string of the molecule is CCc1nonc1C(=O)N[C@H](C(=O)Nc1ccc([C@H](C)CC(=O)N2CCN(C)CC2)cc1F)[C@H]1CC[C@H](C)CC1. The van der Waals surface area contributed by atoms with Crippen molar-refractivity contribution in [2.24, 2.45) is 11.8 Å². The number of nitrogens with zero attached hydrogens (tertiary/aromatic N) is 4. The summed E-state index contributed by atoms with van der Waals surface area (Å²) < 4.78 is 19.9. The summed E-state index contributed by atoms with van der Waals surface area (Å²) in [6.07, 6.45) is 4.20. The van der Waals surface area contributed by atoms with E-state index >= 15 is 4.39 Å². The summed E-state index contributed by atoms with van der Waals surface area (Å²) in [6, 6.07) is 3.78. The molecular weight excluding hydrogens is 515 g/mol. The van der Waals surface area contributed by atoms with Crippen molar-refractivity contribution in [1.29, 1.82) is 0 Å². The first-order valence-corrected chi connectivity index (χ1v) is 14.3. The molecule has 40 heavy (non-hydrogen) atoms. The van der Waals surface area contributed by atoms with Crippen LogP contribution in [0.2, 0.25) is 0 Å². The highest BCUT2D eigenvalue weighted by Crippen LogP contribution is 2.32. The molecule has 11 heteroatoms. The number of anilines is 1. The number of aryl methyl sites for hydroxylation is 1. The zero-order valence-electron chi connectivity index (χ0n) is 23.9. The maximum Gasteiger partial charge on any atom is 0.276 e. The van der Waals surface area contributed by atoms with E-state index in [1.165, 1.54) is 12.1 Å². The number of benzene rings is 1. The normalized spacial score (nSPS) is 21.5. The third-order valence-electron chi connectivity index (χ3n) is 8.36. The molecule has 0 bridgehead atoms. The number of piperazine rings is 1. The number of carbonyl (C=O) groups excluding carboxylic acids is 3. The summed E-state index contributed by atoms with van der Waals surface area (Å²) in [4.78, 5) is 43.3. The van der Waals surface area contributed by atoms with Crippen molar-refractivity contribution >= 4 is 23.4 Å². The molecule has 0 unspecified atom stereocenters. The Labute approximate surface area is 235 Å². The van der Waals surface area contributed by atoms with Gasteiger partial charge < -0.3 is 20.4 Å². The molecule has 2 heterocycles. The Bertz CT molecular complexity index is 1190. The smallest absolute Gasteiger partial charge is 0.276 e. The number of hydrogen-bond donors (Lipinski definition) is 2. The summed E-state index contributed by atoms with van der Waals surface area (Å²) in [5, 5.41) is 13.0. The molecule has 2 atom stereocenters. The Morgan fingerprint density at radius 2 is 1.80 bits per heavy atom. The van der Waals surface area contributed by atoms with E-state index in [9.17, 15) is 14.4 Å². The number of rotatable bonds is 9. The van der Waals surface area contributed by atoms with Gasteiger partial charge in [-0.05, 0) is 66.9 Å². The van der Waals surface area contributed by atoms with Gasteiger partial charge in [-0.1, -0.05) is 44.8 Å². The molecule has 10 nitrogen and oxygen atoms in total. The molecule has 2 aromatic rings. The minimum atomic E-state index is -0.861. The third kappa shape index (κ3) is 7.24. The van der Waals surface area contributed by atoms with Gasteiger partial charge in [-0.15, -0.1) is 0 Å². The van der Waals surface area contributed by atoms with Crippen molar-refractivity contribution in [2.75, 3.05) is 38.5 Å². The van der Waals surface area contributed by atoms with Crippen LogP contribution in [-0.2, 0) is 16.0 Å². The lowest BCUT2D eigenvalue weighted by Gasteiger charge is -2.33. The molecule has 3 amide bonds. The van der Waals surface area contributed by atoms with E-state index in [-0.39, 0.29) is 29.1 Å². The molecule has 2 aliphatic rings. The Morgan fingerprint density at radius 3 is 2.45 bits per heavy atom. The van der Waals surface area contributed by atoms with Crippen LogP contribution in [0, 0.1) is 17.7 Å². The number of hydrogen-bond acceptors (Lipinski definition) is 7. The van der Waals surface area contributed by atoms with Crippen LogP contribution in [0.4, 0.5) is 10.1 Å². The number of amides is 3. The average molecular weight is 557 g/mol. The molecule has 1 aliphatic heterocycles. The topological polar surface area (TPSA) is 121 Å². The van der Waals surface area contributed by atoms with E-state index in [4.69, 9.17) is 4.63 Å². The Hall–Kier alpha value is -3.34. The van der Waals surface area contributed by atoms with Crippen LogP contribution >= 0.6 is 0 Å². The molecular formula is C29H41FN6O4. The quantitative estimate of drug-likeness (QED) is 0.484. The molecule has 1 aliphatic carbocycles. The monoisotopic (exact) mass is 556 g/mol. The highest BCUT2D eigenvalue weighted by Gasteiger charge is 2.34. The average Bonchev–Trinajstić information content (AvgIpc) is 3.43. The molecule has 1 saturated heterocycles. The highest BCUT2D eigenvalue weighted by atomic mass is 19.1. The minimum absolute atomic E-state index is 0.0344. The van der Waals surface area contributed by atoms with Crippen LogP contribution in [0.5, 0.6) is 0 Å². The van der Waals surface area contributed by atoms with Crippen LogP contribution in [0.1, 0.15) is 80.5 Å². The predicted molar refractivity (Wildman–Crippen MR) is 148 cm³/mol. The van der Waals surface area contributed by atoms with E-state index in [0.717, 1.165) is 38.8 Å². The minimum Gasteiger partial charge on any atom is -0.340 e. The largest absolute Gasteiger partial charge is 0.340 e. The van der Waals surface area contributed by atoms with E-state index in [0.29, 0.717) is 43.1 Å². The number of halogens is 1. The first kappa shape index (κ1) is 29.6. The van der Waals surface area contributed by atoms with Crippen molar-refractivity contribution in [3.05, 3.63) is 41.0 Å². The van der Waals surface area contributed by atoms with Crippen molar-refractivity contribution in [1.82, 2.24) is 25.4 Å². The number of likely N-dealkylation sites (N-methyl/N-ethyl adjacent to an activating group) is 1. The van der Waals surface area contributed by atoms with Crippen LogP contribution in [0.15, 0.2) is 22.8 Å². The van der Waals surface area contributed by atoms with Crippen molar-refractivity contribution in [2.45, 2.75) is 71.3 Å². The molecule has 4 rings (SSSR count). The number of aromatic nitrogens is 2. The van der Waals surface area contributed by atoms with Gasteiger partial charge >= 0.3 is 0 Å². The predicted octanol–water partition coefficient (Wildman–Crippen LogP) is 3.60. The third-order valence-corrected chi connectivity index (χ3v) is 8.36. The second-order valence-corrected chi connectivity index (χ2v) is 11.4. The molecule has 2 N–H and O–H groups in total. The lowest BCUT2D eigenvalue weighted by molar-refractivity contribution is -0.133. The number of carbonyl (C=O) groups is 3. The van der Waals surface area contributed by atoms with Gasteiger partial charge in [0.15, 0.2) is 5.69 Å². The lowest BCUT2D eigenvalue weighted by Crippen LogP contribution is -2.49. The second-order valence-electron chi connectivity index (χ2n) is 11.4. The standard InChI is InChI=1S/C29H41FN6O4/c1-5-23-27(34-40-33-23)29(39)32-26(20-8-6-18(2)7-9-20)28(38)31-24-11-10-21(17-22(24)30)19(3)16-25(37)36-14-12-35(4)13-15-36/h10-11,17-20,26H,5-9,12-16H2,1-4H3,(H,31,38)(H,32,39)/t18-,19-,20-,26+/m1/s1. The fraction of sp³-hybridized carbons (Fsp3) is 0.621. The van der Waals surface area contributed by atoms with Gasteiger partial charge in [0, 0.05) is 32.6 Å². The first-order valence-electron chi connectivity index (χ1n) is 14.3. The Balaban J connectivity index is 1.43. The van der Waals surface area contributed by atoms with Crippen LogP contribution in [-0.4, -0.2) is 77.1 Å². The van der Waals surface area contributed by atoms with Crippen LogP contribution in [0.3, 0.4) is 0 Å². The van der Waals surface area contributed by atoms with E-state index in [2.05, 4.69) is 32.8 Å². The Morgan fingerprint density at radius 1 is 1.10 bits per heavy atom. The highest BCUT2D eigenvalue weighted by molar-refractivity contribution is 6.01. The maximum absolute atomic E-state index is 15.2. The van der Waals surface area contributed by atoms with Gasteiger partial charge in [-0.2, -0.15) is 0 Å². The fourth-order valence-corrected chi connectivity index (χ4v) is 5.55. The van der Waals surface area contributed by atoms with Crippen molar-refractivity contribution in [3.63, 3.8) is 0 Å². The van der Waals surface area contributed by atoms with Crippen LogP contribution in [0.25, 0.3) is 0 Å². The van der Waals surface area contributed by atoms with Gasteiger partial charge in [-0.25, -0.2) is 9.02 Å². The maximum atomic E-state index is 15.2. The van der Waals surface area contributed by atoms with Crippen LogP contribution < -0.4 is 10.6 Å². The number of nitrogens with one attached hydrogen (secondary N) is 2. The second kappa shape index (κ2) is 13.3. The summed E-state index contributed by atoms with van der Waals surface area (Å²) in [7, 11) is 2.04. The van der Waals surface area contributed by atoms with Gasteiger partial charge in [-0.3, -0.25) is 14.4 Å². The zero-order valence-corrected chi connectivity index (χ0v) is 23.9. The zero-order chi connectivity index (χ0) is 28.8. The van der Waals surface area contributed by atoms with E-state index in [1.54, 1.807) is 6.07 Å². The Kier molecular flexibility index (Phi) is 9.89. The summed E-state index contributed by atoms with van der Waals surface area (Å²) in [5.74, 6) is -1.25. The molecule has 0 radical (unpaired) electrons. The van der Waals surface area contributed by atoms with Gasteiger partial charge in [0.2, 0.25) is 11.8 Å². The van der Waals surface area contributed by atoms with Gasteiger partial charge in [0.05, 0.1) is 5.69 Å². The molecule has 1 saturated carbocycles. The van der Waals surface area contributed by atoms with Gasteiger partial charge in [0.1, 0.15) is 17.6 Å². The van der Waals surface area contributed by atoms with E-state index < -0.39 is 23.7 Å². The molecule has 0 spiro atoms. The van der Waals surface area contributed by atoms with Crippen molar-refractivity contribution < 1.29 is 23.4 Å². The van der Waals surface area contributed by atoms with E-state index in [1.807, 2.05) is 25.8 Å². The summed E-state index contributed by atoms with van der Waals surface area (Å²) in [6.45, 7) is 9.00. The summed E-state index contributed by atoms with van der Waals surface area (Å²) in [5.41, 5.74) is 1.19.